The lowest BCUT2D eigenvalue weighted by molar-refractivity contribution is 0.0288. The summed E-state index contributed by atoms with van der Waals surface area (Å²) < 4.78 is 25.3. The van der Waals surface area contributed by atoms with Crippen molar-refractivity contribution in [3.8, 4) is 11.3 Å². The van der Waals surface area contributed by atoms with Crippen LogP contribution in [0.15, 0.2) is 48.7 Å². The van der Waals surface area contributed by atoms with Crippen LogP contribution in [0, 0.1) is 24.6 Å². The van der Waals surface area contributed by atoms with E-state index in [0.29, 0.717) is 30.1 Å². The molecule has 206 valence electrons. The fourth-order valence-corrected chi connectivity index (χ4v) is 6.53. The molecule has 1 aromatic carbocycles. The number of aryl methyl sites for hydroxylation is 2. The van der Waals surface area contributed by atoms with E-state index in [1.165, 1.54) is 6.07 Å². The summed E-state index contributed by atoms with van der Waals surface area (Å²) in [6.45, 7) is 5.05. The lowest BCUT2D eigenvalue weighted by Gasteiger charge is -2.33. The van der Waals surface area contributed by atoms with Crippen LogP contribution in [0.1, 0.15) is 55.6 Å². The van der Waals surface area contributed by atoms with E-state index in [1.807, 2.05) is 51.4 Å². The number of aliphatic hydroxyl groups is 1. The van der Waals surface area contributed by atoms with Crippen LogP contribution in [0.2, 0.25) is 0 Å². The van der Waals surface area contributed by atoms with Crippen molar-refractivity contribution in [2.75, 3.05) is 13.2 Å². The van der Waals surface area contributed by atoms with Gasteiger partial charge in [-0.2, -0.15) is 0 Å². The van der Waals surface area contributed by atoms with Crippen molar-refractivity contribution in [2.45, 2.75) is 51.2 Å². The number of benzene rings is 1. The number of pyridine rings is 2. The lowest BCUT2D eigenvalue weighted by atomic mass is 9.86. The number of nitrogens with zero attached hydrogens (tertiary/aromatic N) is 6. The minimum absolute atomic E-state index is 0.127. The number of hydrogen-bond acceptors (Lipinski definition) is 6. The summed E-state index contributed by atoms with van der Waals surface area (Å²) in [5.74, 6) is 0.0757. The fraction of sp³-hybridized carbons (Fsp3) is 0.419. The van der Waals surface area contributed by atoms with Gasteiger partial charge < -0.3 is 14.4 Å². The first-order valence-corrected chi connectivity index (χ1v) is 14.1. The van der Waals surface area contributed by atoms with Gasteiger partial charge in [0.1, 0.15) is 17.1 Å². The van der Waals surface area contributed by atoms with Crippen LogP contribution in [-0.2, 0) is 17.4 Å². The van der Waals surface area contributed by atoms with Gasteiger partial charge in [0.05, 0.1) is 34.2 Å². The fourth-order valence-electron chi connectivity index (χ4n) is 6.53. The van der Waals surface area contributed by atoms with Crippen molar-refractivity contribution >= 4 is 22.1 Å². The largest absolute Gasteiger partial charge is 0.384 e. The van der Waals surface area contributed by atoms with Crippen LogP contribution >= 0.6 is 0 Å². The van der Waals surface area contributed by atoms with Crippen LogP contribution in [0.25, 0.3) is 33.3 Å². The highest BCUT2D eigenvalue weighted by Gasteiger charge is 2.43. The Morgan fingerprint density at radius 3 is 2.58 bits per heavy atom. The van der Waals surface area contributed by atoms with Gasteiger partial charge in [0, 0.05) is 43.0 Å². The van der Waals surface area contributed by atoms with Gasteiger partial charge in [0.2, 0.25) is 0 Å². The second-order valence-corrected chi connectivity index (χ2v) is 11.5. The monoisotopic (exact) mass is 540 g/mol. The van der Waals surface area contributed by atoms with E-state index in [9.17, 15) is 5.11 Å². The van der Waals surface area contributed by atoms with E-state index in [0.717, 1.165) is 59.1 Å². The number of rotatable bonds is 6. The Labute approximate surface area is 231 Å². The molecule has 4 aromatic heterocycles. The number of fused-ring (bicyclic) bond motifs is 3. The van der Waals surface area contributed by atoms with E-state index < -0.39 is 5.60 Å². The summed E-state index contributed by atoms with van der Waals surface area (Å²) in [5.41, 5.74) is 5.16. The third-order valence-electron chi connectivity index (χ3n) is 8.86. The molecule has 1 aliphatic carbocycles. The van der Waals surface area contributed by atoms with Gasteiger partial charge in [0.15, 0.2) is 0 Å². The Morgan fingerprint density at radius 1 is 1.10 bits per heavy atom. The maximum atomic E-state index is 15.6. The molecule has 5 heterocycles. The molecule has 0 radical (unpaired) electrons. The zero-order valence-corrected chi connectivity index (χ0v) is 23.0. The number of halogens is 1. The third-order valence-corrected chi connectivity index (χ3v) is 8.86. The normalized spacial score (nSPS) is 18.8. The van der Waals surface area contributed by atoms with Gasteiger partial charge in [-0.3, -0.25) is 4.98 Å². The zero-order valence-electron chi connectivity index (χ0n) is 23.0. The highest BCUT2D eigenvalue weighted by Crippen LogP contribution is 2.46. The van der Waals surface area contributed by atoms with Crippen molar-refractivity contribution in [2.24, 2.45) is 18.9 Å². The van der Waals surface area contributed by atoms with Crippen molar-refractivity contribution in [3.63, 3.8) is 0 Å². The maximum Gasteiger partial charge on any atom is 0.143 e. The molecule has 1 saturated carbocycles. The zero-order chi connectivity index (χ0) is 27.6. The number of aromatic nitrogens is 6. The van der Waals surface area contributed by atoms with Crippen LogP contribution in [-0.4, -0.2) is 47.8 Å². The molecule has 9 heteroatoms. The summed E-state index contributed by atoms with van der Waals surface area (Å²) in [7, 11) is 1.87. The minimum Gasteiger partial charge on any atom is -0.384 e. The molecule has 7 rings (SSSR count). The Bertz CT molecular complexity index is 1710. The van der Waals surface area contributed by atoms with Crippen molar-refractivity contribution in [1.29, 1.82) is 0 Å². The van der Waals surface area contributed by atoms with Gasteiger partial charge in [-0.1, -0.05) is 23.4 Å². The van der Waals surface area contributed by atoms with Gasteiger partial charge in [-0.15, -0.1) is 5.10 Å². The molecule has 8 nitrogen and oxygen atoms in total. The maximum absolute atomic E-state index is 15.6. The van der Waals surface area contributed by atoms with Crippen molar-refractivity contribution in [3.05, 3.63) is 71.4 Å². The molecule has 1 aliphatic heterocycles. The van der Waals surface area contributed by atoms with E-state index in [2.05, 4.69) is 20.9 Å². The molecule has 5 aromatic rings. The Hall–Kier alpha value is -3.69. The Morgan fingerprint density at radius 2 is 1.88 bits per heavy atom. The molecule has 1 saturated heterocycles. The van der Waals surface area contributed by atoms with Gasteiger partial charge in [-0.25, -0.2) is 14.1 Å². The van der Waals surface area contributed by atoms with Crippen LogP contribution in [0.3, 0.4) is 0 Å². The Balaban J connectivity index is 1.55. The molecule has 2 aliphatic rings. The minimum atomic E-state index is -1.03. The molecule has 0 spiro atoms. The average Bonchev–Trinajstić information content (AvgIpc) is 3.72. The van der Waals surface area contributed by atoms with Crippen molar-refractivity contribution < 1.29 is 14.2 Å². The molecule has 40 heavy (non-hydrogen) atoms. The lowest BCUT2D eigenvalue weighted by Crippen LogP contribution is -2.28. The van der Waals surface area contributed by atoms with E-state index in [1.54, 1.807) is 10.7 Å². The predicted molar refractivity (Wildman–Crippen MR) is 150 cm³/mol. The second-order valence-electron chi connectivity index (χ2n) is 11.5. The van der Waals surface area contributed by atoms with Crippen LogP contribution in [0.5, 0.6) is 0 Å². The van der Waals surface area contributed by atoms with E-state index in [-0.39, 0.29) is 23.7 Å². The Kier molecular flexibility index (Phi) is 5.98. The van der Waals surface area contributed by atoms with Crippen LogP contribution < -0.4 is 0 Å². The molecular formula is C31H33FN6O2. The quantitative estimate of drug-likeness (QED) is 0.308. The molecule has 2 fully saturated rings. The molecule has 0 amide bonds. The summed E-state index contributed by atoms with van der Waals surface area (Å²) in [6, 6.07) is 12.7. The third kappa shape index (κ3) is 4.02. The topological polar surface area (TPSA) is 90.9 Å². The van der Waals surface area contributed by atoms with Gasteiger partial charge in [0.25, 0.3) is 0 Å². The van der Waals surface area contributed by atoms with E-state index in [4.69, 9.17) is 14.7 Å². The molecule has 2 atom stereocenters. The first-order valence-electron chi connectivity index (χ1n) is 14.1. The molecule has 0 bridgehead atoms. The van der Waals surface area contributed by atoms with Crippen molar-refractivity contribution in [1.82, 2.24) is 29.5 Å². The number of ether oxygens (including phenoxy) is 1. The van der Waals surface area contributed by atoms with Crippen LogP contribution in [0.4, 0.5) is 4.39 Å². The molecule has 1 unspecified atom stereocenters. The highest BCUT2D eigenvalue weighted by atomic mass is 19.1. The second kappa shape index (κ2) is 9.45. The predicted octanol–water partition coefficient (Wildman–Crippen LogP) is 5.46. The van der Waals surface area contributed by atoms with Gasteiger partial charge >= 0.3 is 0 Å². The highest BCUT2D eigenvalue weighted by molar-refractivity contribution is 6.05. The summed E-state index contributed by atoms with van der Waals surface area (Å²) in [4.78, 5) is 10.1. The summed E-state index contributed by atoms with van der Waals surface area (Å²) >= 11 is 0. The molecule has 1 N–H and O–H groups in total. The first kappa shape index (κ1) is 25.3. The molecular weight excluding hydrogens is 507 g/mol. The summed E-state index contributed by atoms with van der Waals surface area (Å²) in [6.07, 6.45) is 5.42. The summed E-state index contributed by atoms with van der Waals surface area (Å²) in [5, 5.41) is 20.8. The first-order chi connectivity index (χ1) is 19.3. The smallest absolute Gasteiger partial charge is 0.143 e. The average molecular weight is 541 g/mol. The number of hydrogen-bond donors (Lipinski definition) is 1. The van der Waals surface area contributed by atoms with Gasteiger partial charge in [-0.05, 0) is 75.6 Å². The SMILES string of the molecule is Cc1nnn(C)c1-c1cnc2c3ccc(C(C)(O)C4CC4)nc3n([C@H](c3ccccc3F)C3CCOCC3)c2c1. The van der Waals surface area contributed by atoms with E-state index >= 15 is 4.39 Å². The standard InChI is InChI=1S/C31H33FN6O2/c1-18-28(37(3)36-35-18)20-16-25-27(33-17-20)23-10-11-26(31(2,39)21-8-9-21)34-30(23)38(25)29(19-12-14-40-15-13-19)22-6-4-5-7-24(22)32/h4-7,10-11,16-17,19,21,29,39H,8-9,12-15H2,1-3H3/t29-,31?/m0/s1.